The lowest BCUT2D eigenvalue weighted by atomic mass is 9.95. The molecule has 1 saturated carbocycles. The molecule has 3 N–H and O–H groups in total. The number of carbonyl (C=O) groups excluding carboxylic acids is 1. The van der Waals surface area contributed by atoms with E-state index in [1.807, 2.05) is 0 Å². The first kappa shape index (κ1) is 17.1. The molecule has 22 heavy (non-hydrogen) atoms. The summed E-state index contributed by atoms with van der Waals surface area (Å²) in [6.45, 7) is 3.90. The van der Waals surface area contributed by atoms with Gasteiger partial charge in [-0.25, -0.2) is 0 Å². The van der Waals surface area contributed by atoms with Gasteiger partial charge in [0.25, 0.3) is 0 Å². The van der Waals surface area contributed by atoms with Crippen LogP contribution in [0.15, 0.2) is 4.99 Å². The van der Waals surface area contributed by atoms with E-state index in [-0.39, 0.29) is 18.1 Å². The van der Waals surface area contributed by atoms with Gasteiger partial charge in [0.1, 0.15) is 0 Å². The molecule has 6 heteroatoms. The van der Waals surface area contributed by atoms with Gasteiger partial charge >= 0.3 is 0 Å². The van der Waals surface area contributed by atoms with E-state index in [1.54, 1.807) is 7.05 Å². The Morgan fingerprint density at radius 3 is 2.64 bits per heavy atom. The molecule has 1 saturated heterocycles. The highest BCUT2D eigenvalue weighted by Crippen LogP contribution is 2.23. The van der Waals surface area contributed by atoms with Crippen LogP contribution in [0.2, 0.25) is 0 Å². The highest BCUT2D eigenvalue weighted by Gasteiger charge is 2.29. The first-order chi connectivity index (χ1) is 10.6. The van der Waals surface area contributed by atoms with Gasteiger partial charge < -0.3 is 20.7 Å². The van der Waals surface area contributed by atoms with Crippen LogP contribution in [0, 0.1) is 0 Å². The lowest BCUT2D eigenvalue weighted by Crippen LogP contribution is -2.49. The molecule has 0 radical (unpaired) electrons. The highest BCUT2D eigenvalue weighted by molar-refractivity contribution is 5.86. The van der Waals surface area contributed by atoms with Gasteiger partial charge in [0.2, 0.25) is 5.91 Å². The van der Waals surface area contributed by atoms with Gasteiger partial charge in [-0.15, -0.1) is 0 Å². The average Bonchev–Trinajstić information content (AvgIpc) is 2.95. The second-order valence-corrected chi connectivity index (χ2v) is 6.58. The van der Waals surface area contributed by atoms with Crippen LogP contribution in [0.4, 0.5) is 0 Å². The van der Waals surface area contributed by atoms with Crippen molar-refractivity contribution in [3.63, 3.8) is 0 Å². The summed E-state index contributed by atoms with van der Waals surface area (Å²) in [6, 6.07) is 0.351. The number of hydrogen-bond acceptors (Lipinski definition) is 3. The molecule has 2 aliphatic rings. The van der Waals surface area contributed by atoms with E-state index in [0.29, 0.717) is 18.5 Å². The lowest BCUT2D eigenvalue weighted by Gasteiger charge is -2.25. The maximum Gasteiger partial charge on any atom is 0.239 e. The SMILES string of the molecule is CN=C(NCC(=O)NC1CCCCC1)NCC1(C)CCCO1. The molecule has 1 amide bonds. The minimum atomic E-state index is -0.123. The van der Waals surface area contributed by atoms with Crippen molar-refractivity contribution in [3.8, 4) is 0 Å². The summed E-state index contributed by atoms with van der Waals surface area (Å²) in [4.78, 5) is 16.1. The summed E-state index contributed by atoms with van der Waals surface area (Å²) >= 11 is 0. The van der Waals surface area contributed by atoms with Crippen LogP contribution in [-0.2, 0) is 9.53 Å². The summed E-state index contributed by atoms with van der Waals surface area (Å²) in [7, 11) is 1.71. The van der Waals surface area contributed by atoms with Crippen molar-refractivity contribution < 1.29 is 9.53 Å². The minimum absolute atomic E-state index is 0.0400. The normalized spacial score (nSPS) is 26.7. The zero-order chi connectivity index (χ0) is 15.8. The van der Waals surface area contributed by atoms with Crippen LogP contribution < -0.4 is 16.0 Å². The molecule has 0 aromatic carbocycles. The van der Waals surface area contributed by atoms with Crippen molar-refractivity contribution in [1.29, 1.82) is 0 Å². The van der Waals surface area contributed by atoms with Crippen LogP contribution in [0.25, 0.3) is 0 Å². The standard InChI is InChI=1S/C16H30N4O2/c1-16(9-6-10-22-16)12-19-15(17-2)18-11-14(21)20-13-7-4-3-5-8-13/h13H,3-12H2,1-2H3,(H,20,21)(H2,17,18,19). The second kappa shape index (κ2) is 8.36. The fourth-order valence-electron chi connectivity index (χ4n) is 3.16. The van der Waals surface area contributed by atoms with E-state index in [9.17, 15) is 4.79 Å². The summed E-state index contributed by atoms with van der Waals surface area (Å²) in [6.07, 6.45) is 8.11. The second-order valence-electron chi connectivity index (χ2n) is 6.58. The Kier molecular flexibility index (Phi) is 6.49. The smallest absolute Gasteiger partial charge is 0.239 e. The molecule has 126 valence electrons. The molecule has 0 bridgehead atoms. The van der Waals surface area contributed by atoms with Crippen LogP contribution >= 0.6 is 0 Å². The molecule has 1 atom stereocenters. The van der Waals surface area contributed by atoms with E-state index < -0.39 is 0 Å². The van der Waals surface area contributed by atoms with Gasteiger partial charge in [-0.3, -0.25) is 9.79 Å². The van der Waals surface area contributed by atoms with Crippen molar-refractivity contribution in [1.82, 2.24) is 16.0 Å². The fraction of sp³-hybridized carbons (Fsp3) is 0.875. The van der Waals surface area contributed by atoms with E-state index >= 15 is 0 Å². The summed E-state index contributed by atoms with van der Waals surface area (Å²) < 4.78 is 5.74. The Morgan fingerprint density at radius 1 is 1.23 bits per heavy atom. The Balaban J connectivity index is 1.65. The Bertz CT molecular complexity index is 386. The van der Waals surface area contributed by atoms with E-state index in [2.05, 4.69) is 27.9 Å². The summed E-state index contributed by atoms with van der Waals surface area (Å²) in [5, 5.41) is 9.41. The summed E-state index contributed by atoms with van der Waals surface area (Å²) in [5.74, 6) is 0.689. The lowest BCUT2D eigenvalue weighted by molar-refractivity contribution is -0.120. The predicted octanol–water partition coefficient (Wildman–Crippen LogP) is 1.17. The topological polar surface area (TPSA) is 74.8 Å². The third kappa shape index (κ3) is 5.48. The molecule has 1 heterocycles. The molecular formula is C16H30N4O2. The number of carbonyl (C=O) groups is 1. The van der Waals surface area contributed by atoms with Gasteiger partial charge in [-0.2, -0.15) is 0 Å². The Morgan fingerprint density at radius 2 is 2.00 bits per heavy atom. The minimum Gasteiger partial charge on any atom is -0.373 e. The van der Waals surface area contributed by atoms with Gasteiger partial charge in [0.05, 0.1) is 12.1 Å². The van der Waals surface area contributed by atoms with E-state index in [4.69, 9.17) is 4.74 Å². The molecule has 6 nitrogen and oxygen atoms in total. The number of rotatable bonds is 5. The number of hydrogen-bond donors (Lipinski definition) is 3. The molecule has 0 aromatic rings. The van der Waals surface area contributed by atoms with Gasteiger partial charge in [-0.1, -0.05) is 19.3 Å². The number of nitrogens with one attached hydrogen (secondary N) is 3. The monoisotopic (exact) mass is 310 g/mol. The maximum atomic E-state index is 12.0. The van der Waals surface area contributed by atoms with Crippen molar-refractivity contribution in [2.45, 2.75) is 63.5 Å². The van der Waals surface area contributed by atoms with Crippen molar-refractivity contribution in [2.75, 3.05) is 26.7 Å². The van der Waals surface area contributed by atoms with Gasteiger partial charge in [-0.05, 0) is 32.6 Å². The molecule has 1 unspecified atom stereocenters. The fourth-order valence-corrected chi connectivity index (χ4v) is 3.16. The average molecular weight is 310 g/mol. The van der Waals surface area contributed by atoms with Crippen molar-refractivity contribution in [2.24, 2.45) is 4.99 Å². The van der Waals surface area contributed by atoms with Crippen LogP contribution in [0.1, 0.15) is 51.9 Å². The van der Waals surface area contributed by atoms with Gasteiger partial charge in [0, 0.05) is 26.2 Å². The Labute approximate surface area is 133 Å². The van der Waals surface area contributed by atoms with Crippen LogP contribution in [-0.4, -0.2) is 50.3 Å². The number of aliphatic imine (C=N–C) groups is 1. The third-order valence-corrected chi connectivity index (χ3v) is 4.54. The van der Waals surface area contributed by atoms with Crippen molar-refractivity contribution in [3.05, 3.63) is 0 Å². The third-order valence-electron chi connectivity index (χ3n) is 4.54. The van der Waals surface area contributed by atoms with Crippen LogP contribution in [0.5, 0.6) is 0 Å². The summed E-state index contributed by atoms with van der Waals surface area (Å²) in [5.41, 5.74) is -0.123. The van der Waals surface area contributed by atoms with Gasteiger partial charge in [0.15, 0.2) is 5.96 Å². The molecule has 0 spiro atoms. The van der Waals surface area contributed by atoms with E-state index in [0.717, 1.165) is 32.3 Å². The molecular weight excluding hydrogens is 280 g/mol. The molecule has 1 aliphatic heterocycles. The zero-order valence-corrected chi connectivity index (χ0v) is 13.9. The number of guanidine groups is 1. The number of nitrogens with zero attached hydrogens (tertiary/aromatic N) is 1. The first-order valence-corrected chi connectivity index (χ1v) is 8.49. The highest BCUT2D eigenvalue weighted by atomic mass is 16.5. The molecule has 0 aromatic heterocycles. The zero-order valence-electron chi connectivity index (χ0n) is 13.9. The van der Waals surface area contributed by atoms with Crippen LogP contribution in [0.3, 0.4) is 0 Å². The first-order valence-electron chi connectivity index (χ1n) is 8.49. The van der Waals surface area contributed by atoms with Crippen molar-refractivity contribution >= 4 is 11.9 Å². The molecule has 2 fully saturated rings. The quantitative estimate of drug-likeness (QED) is 0.526. The molecule has 2 rings (SSSR count). The molecule has 1 aliphatic carbocycles. The van der Waals surface area contributed by atoms with E-state index in [1.165, 1.54) is 19.3 Å². The maximum absolute atomic E-state index is 12.0. The number of ether oxygens (including phenoxy) is 1. The Hall–Kier alpha value is -1.30. The predicted molar refractivity (Wildman–Crippen MR) is 88.0 cm³/mol. The largest absolute Gasteiger partial charge is 0.373 e. The number of amides is 1.